The van der Waals surface area contributed by atoms with Crippen molar-refractivity contribution in [3.8, 4) is 0 Å². The van der Waals surface area contributed by atoms with Crippen molar-refractivity contribution in [2.45, 2.75) is 56.5 Å². The third-order valence-electron chi connectivity index (χ3n) is 7.90. The summed E-state index contributed by atoms with van der Waals surface area (Å²) >= 11 is 0. The van der Waals surface area contributed by atoms with Gasteiger partial charge in [0.25, 0.3) is 5.69 Å². The van der Waals surface area contributed by atoms with Gasteiger partial charge in [-0.05, 0) is 56.1 Å². The topological polar surface area (TPSA) is 74.1 Å². The molecule has 0 N–H and O–H groups in total. The molecule has 2 aliphatic heterocycles. The Morgan fingerprint density at radius 1 is 0.929 bits per heavy atom. The maximum Gasteiger partial charge on any atom is 0.269 e. The van der Waals surface area contributed by atoms with E-state index in [4.69, 9.17) is 14.5 Å². The summed E-state index contributed by atoms with van der Waals surface area (Å²) in [7, 11) is 0. The Kier molecular flexibility index (Phi) is 3.62. The molecule has 6 aliphatic rings. The minimum Gasteiger partial charge on any atom is -0.371 e. The first kappa shape index (κ1) is 17.2. The fraction of sp³-hybridized carbons (Fsp3) is 0.714. The predicted octanol–water partition coefficient (Wildman–Crippen LogP) is 4.02. The van der Waals surface area contributed by atoms with E-state index in [0.29, 0.717) is 11.8 Å². The van der Waals surface area contributed by atoms with Crippen LogP contribution in [0.25, 0.3) is 0 Å². The lowest BCUT2D eigenvalue weighted by atomic mass is 9.53. The Morgan fingerprint density at radius 2 is 1.54 bits per heavy atom. The highest BCUT2D eigenvalue weighted by molar-refractivity contribution is 5.51. The molecular weight excluding hydrogens is 360 g/mol. The van der Waals surface area contributed by atoms with Gasteiger partial charge < -0.3 is 9.64 Å². The van der Waals surface area contributed by atoms with Crippen LogP contribution < -0.4 is 4.90 Å². The van der Waals surface area contributed by atoms with Gasteiger partial charge in [0.1, 0.15) is 0 Å². The number of ether oxygens (including phenoxy) is 1. The van der Waals surface area contributed by atoms with Crippen LogP contribution in [0.5, 0.6) is 0 Å². The molecule has 7 nitrogen and oxygen atoms in total. The van der Waals surface area contributed by atoms with E-state index < -0.39 is 11.6 Å². The lowest BCUT2D eigenvalue weighted by molar-refractivity contribution is -0.389. The maximum atomic E-state index is 10.9. The summed E-state index contributed by atoms with van der Waals surface area (Å²) in [6, 6.07) is 6.77. The molecule has 7 rings (SSSR count). The van der Waals surface area contributed by atoms with Crippen molar-refractivity contribution in [2.24, 2.45) is 23.7 Å². The molecule has 7 heteroatoms. The van der Waals surface area contributed by atoms with Gasteiger partial charge in [-0.15, -0.1) is 0 Å². The number of non-ortho nitro benzene ring substituents is 1. The van der Waals surface area contributed by atoms with Crippen LogP contribution in [0.2, 0.25) is 0 Å². The van der Waals surface area contributed by atoms with Crippen LogP contribution in [0.15, 0.2) is 24.3 Å². The zero-order valence-electron chi connectivity index (χ0n) is 15.9. The van der Waals surface area contributed by atoms with Gasteiger partial charge in [0.15, 0.2) is 0 Å². The lowest BCUT2D eigenvalue weighted by Gasteiger charge is -2.57. The highest BCUT2D eigenvalue weighted by Crippen LogP contribution is 2.63. The van der Waals surface area contributed by atoms with Gasteiger partial charge in [-0.1, -0.05) is 0 Å². The average Bonchev–Trinajstić information content (AvgIpc) is 3.06. The van der Waals surface area contributed by atoms with Gasteiger partial charge in [0, 0.05) is 55.6 Å². The minimum absolute atomic E-state index is 0.122. The van der Waals surface area contributed by atoms with Crippen LogP contribution in [-0.2, 0) is 14.5 Å². The molecule has 0 radical (unpaired) electrons. The summed E-state index contributed by atoms with van der Waals surface area (Å²) in [6.45, 7) is 1.58. The van der Waals surface area contributed by atoms with Crippen LogP contribution in [0.3, 0.4) is 0 Å². The molecular formula is C21H26N2O5. The summed E-state index contributed by atoms with van der Waals surface area (Å²) in [5, 5.41) is 10.9. The molecule has 28 heavy (non-hydrogen) atoms. The summed E-state index contributed by atoms with van der Waals surface area (Å²) in [4.78, 5) is 24.8. The molecule has 2 spiro atoms. The second-order valence-corrected chi connectivity index (χ2v) is 9.47. The summed E-state index contributed by atoms with van der Waals surface area (Å²) in [5.74, 6) is 1.55. The van der Waals surface area contributed by atoms with Crippen LogP contribution in [-0.4, -0.2) is 29.6 Å². The molecule has 2 saturated heterocycles. The van der Waals surface area contributed by atoms with E-state index in [-0.39, 0.29) is 10.6 Å². The van der Waals surface area contributed by atoms with E-state index in [2.05, 4.69) is 4.90 Å². The average molecular weight is 386 g/mol. The Bertz CT molecular complexity index is 758. The number of anilines is 1. The first-order valence-corrected chi connectivity index (χ1v) is 10.6. The highest BCUT2D eigenvalue weighted by Gasteiger charge is 2.66. The zero-order chi connectivity index (χ0) is 18.9. The molecule has 4 bridgehead atoms. The van der Waals surface area contributed by atoms with E-state index in [0.717, 1.165) is 43.5 Å². The molecule has 6 fully saturated rings. The normalized spacial score (nSPS) is 40.5. The molecule has 0 atom stereocenters. The quantitative estimate of drug-likeness (QED) is 0.434. The standard InChI is InChI=1S/C21H26N2O5/c24-23(25)19-3-1-18(2-4-19)22-7-5-20(6-8-22)26-21(28-27-20)16-10-14-9-15(12-16)13-17(21)11-14/h1-4,14-17H,5-13H2. The van der Waals surface area contributed by atoms with Crippen molar-refractivity contribution < 1.29 is 19.4 Å². The largest absolute Gasteiger partial charge is 0.371 e. The third-order valence-corrected chi connectivity index (χ3v) is 7.90. The fourth-order valence-corrected chi connectivity index (χ4v) is 6.69. The molecule has 0 unspecified atom stereocenters. The van der Waals surface area contributed by atoms with Gasteiger partial charge in [-0.2, -0.15) is 9.78 Å². The van der Waals surface area contributed by atoms with Gasteiger partial charge in [0.2, 0.25) is 11.6 Å². The van der Waals surface area contributed by atoms with Crippen molar-refractivity contribution in [2.75, 3.05) is 18.0 Å². The number of nitro benzene ring substituents is 1. The molecule has 1 aromatic rings. The van der Waals surface area contributed by atoms with Gasteiger partial charge in [-0.25, -0.2) is 0 Å². The number of hydrogen-bond donors (Lipinski definition) is 0. The Morgan fingerprint density at radius 3 is 2.11 bits per heavy atom. The fourth-order valence-electron chi connectivity index (χ4n) is 6.69. The molecule has 1 aromatic carbocycles. The van der Waals surface area contributed by atoms with E-state index in [9.17, 15) is 10.1 Å². The molecule has 2 heterocycles. The Balaban J connectivity index is 1.15. The van der Waals surface area contributed by atoms with E-state index >= 15 is 0 Å². The molecule has 0 amide bonds. The van der Waals surface area contributed by atoms with Crippen LogP contribution >= 0.6 is 0 Å². The smallest absolute Gasteiger partial charge is 0.269 e. The van der Waals surface area contributed by atoms with E-state index in [1.165, 1.54) is 32.1 Å². The van der Waals surface area contributed by atoms with Crippen molar-refractivity contribution in [3.05, 3.63) is 34.4 Å². The Labute approximate surface area is 164 Å². The van der Waals surface area contributed by atoms with Crippen molar-refractivity contribution >= 4 is 11.4 Å². The first-order chi connectivity index (χ1) is 13.6. The molecule has 4 saturated carbocycles. The van der Waals surface area contributed by atoms with Crippen molar-refractivity contribution in [1.29, 1.82) is 0 Å². The number of nitrogens with zero attached hydrogens (tertiary/aromatic N) is 2. The highest BCUT2D eigenvalue weighted by atomic mass is 17.3. The maximum absolute atomic E-state index is 10.9. The summed E-state index contributed by atoms with van der Waals surface area (Å²) in [6.07, 6.45) is 7.79. The Hall–Kier alpha value is -1.70. The molecule has 150 valence electrons. The number of hydrogen-bond acceptors (Lipinski definition) is 6. The third kappa shape index (κ3) is 2.46. The minimum atomic E-state index is -0.632. The summed E-state index contributed by atoms with van der Waals surface area (Å²) < 4.78 is 6.73. The SMILES string of the molecule is O=[N+]([O-])c1ccc(N2CCC3(CC2)OOC2(O3)C3CC4CC(C3)CC2C4)cc1. The van der Waals surface area contributed by atoms with E-state index in [1.54, 1.807) is 12.1 Å². The van der Waals surface area contributed by atoms with Gasteiger partial charge in [-0.3, -0.25) is 10.1 Å². The second-order valence-electron chi connectivity index (χ2n) is 9.47. The number of nitro groups is 1. The van der Waals surface area contributed by atoms with E-state index in [1.807, 2.05) is 12.1 Å². The number of piperidine rings is 1. The number of rotatable bonds is 2. The molecule has 4 aliphatic carbocycles. The first-order valence-electron chi connectivity index (χ1n) is 10.6. The predicted molar refractivity (Wildman–Crippen MR) is 100 cm³/mol. The van der Waals surface area contributed by atoms with Gasteiger partial charge >= 0.3 is 0 Å². The summed E-state index contributed by atoms with van der Waals surface area (Å²) in [5.41, 5.74) is 1.13. The second kappa shape index (κ2) is 5.90. The van der Waals surface area contributed by atoms with Crippen molar-refractivity contribution in [1.82, 2.24) is 0 Å². The molecule has 0 aromatic heterocycles. The van der Waals surface area contributed by atoms with Crippen LogP contribution in [0.1, 0.15) is 44.9 Å². The lowest BCUT2D eigenvalue weighted by Crippen LogP contribution is -2.59. The zero-order valence-corrected chi connectivity index (χ0v) is 15.9. The van der Waals surface area contributed by atoms with Gasteiger partial charge in [0.05, 0.1) is 4.92 Å². The monoisotopic (exact) mass is 386 g/mol. The van der Waals surface area contributed by atoms with Crippen molar-refractivity contribution in [3.63, 3.8) is 0 Å². The number of benzene rings is 1. The van der Waals surface area contributed by atoms with Crippen LogP contribution in [0, 0.1) is 33.8 Å². The van der Waals surface area contributed by atoms with Crippen LogP contribution in [0.4, 0.5) is 11.4 Å².